The minimum atomic E-state index is 0.465. The Morgan fingerprint density at radius 1 is 1.32 bits per heavy atom. The number of aromatic nitrogens is 1. The Hall–Kier alpha value is -1.26. The molecule has 1 aromatic heterocycles. The Balaban J connectivity index is 1.65. The van der Waals surface area contributed by atoms with Crippen LogP contribution in [0.1, 0.15) is 12.8 Å². The number of anilines is 1. The zero-order valence-corrected chi connectivity index (χ0v) is 11.4. The standard InChI is InChI=1S/C14H16ClN3O/c15-10-2-1-3-12-13(10)14(17-19-12)16-11-8-18-6-4-9(11)5-7-18/h1-3,9,11H,4-8H2,(H,16,17). The van der Waals surface area contributed by atoms with Crippen molar-refractivity contribution < 1.29 is 4.52 Å². The highest BCUT2D eigenvalue weighted by molar-refractivity contribution is 6.36. The summed E-state index contributed by atoms with van der Waals surface area (Å²) in [4.78, 5) is 2.52. The second-order valence-electron chi connectivity index (χ2n) is 5.53. The third-order valence-corrected chi connectivity index (χ3v) is 4.74. The Bertz CT molecular complexity index is 604. The first-order valence-corrected chi connectivity index (χ1v) is 7.22. The number of rotatable bonds is 2. The Morgan fingerprint density at radius 2 is 2.16 bits per heavy atom. The van der Waals surface area contributed by atoms with Crippen LogP contribution >= 0.6 is 11.6 Å². The van der Waals surface area contributed by atoms with Gasteiger partial charge in [0.25, 0.3) is 0 Å². The topological polar surface area (TPSA) is 41.3 Å². The molecule has 0 aliphatic carbocycles. The molecule has 3 fully saturated rings. The van der Waals surface area contributed by atoms with Crippen LogP contribution in [0.25, 0.3) is 11.0 Å². The van der Waals surface area contributed by atoms with Gasteiger partial charge in [0.2, 0.25) is 0 Å². The lowest BCUT2D eigenvalue weighted by Crippen LogP contribution is -2.53. The molecule has 4 nitrogen and oxygen atoms in total. The van der Waals surface area contributed by atoms with Crippen LogP contribution in [0.5, 0.6) is 0 Å². The number of halogens is 1. The minimum absolute atomic E-state index is 0.465. The van der Waals surface area contributed by atoms with Crippen molar-refractivity contribution in [1.82, 2.24) is 10.1 Å². The molecule has 100 valence electrons. The van der Waals surface area contributed by atoms with Gasteiger partial charge in [0, 0.05) is 12.6 Å². The maximum atomic E-state index is 6.25. The van der Waals surface area contributed by atoms with Crippen molar-refractivity contribution in [3.05, 3.63) is 23.2 Å². The van der Waals surface area contributed by atoms with Crippen LogP contribution in [0, 0.1) is 5.92 Å². The molecule has 0 amide bonds. The van der Waals surface area contributed by atoms with E-state index in [0.717, 1.165) is 29.2 Å². The third-order valence-electron chi connectivity index (χ3n) is 4.43. The molecule has 19 heavy (non-hydrogen) atoms. The quantitative estimate of drug-likeness (QED) is 0.916. The summed E-state index contributed by atoms with van der Waals surface area (Å²) in [6.07, 6.45) is 2.56. The van der Waals surface area contributed by atoms with E-state index < -0.39 is 0 Å². The summed E-state index contributed by atoms with van der Waals surface area (Å²) in [5.41, 5.74) is 0.747. The fourth-order valence-corrected chi connectivity index (χ4v) is 3.61. The zero-order valence-electron chi connectivity index (χ0n) is 10.6. The van der Waals surface area contributed by atoms with Crippen molar-refractivity contribution in [2.75, 3.05) is 25.0 Å². The second-order valence-corrected chi connectivity index (χ2v) is 5.94. The summed E-state index contributed by atoms with van der Waals surface area (Å²) >= 11 is 6.25. The first-order chi connectivity index (χ1) is 9.31. The number of nitrogens with one attached hydrogen (secondary N) is 1. The van der Waals surface area contributed by atoms with E-state index in [-0.39, 0.29) is 0 Å². The first kappa shape index (κ1) is 11.6. The molecule has 4 heterocycles. The molecule has 1 N–H and O–H groups in total. The van der Waals surface area contributed by atoms with E-state index in [4.69, 9.17) is 16.1 Å². The average molecular weight is 278 g/mol. The van der Waals surface area contributed by atoms with Crippen molar-refractivity contribution in [2.24, 2.45) is 5.92 Å². The lowest BCUT2D eigenvalue weighted by atomic mass is 9.84. The predicted octanol–water partition coefficient (Wildman–Crippen LogP) is 2.99. The Labute approximate surface area is 116 Å². The second kappa shape index (κ2) is 4.39. The molecule has 3 saturated heterocycles. The zero-order chi connectivity index (χ0) is 12.8. The number of nitrogens with zero attached hydrogens (tertiary/aromatic N) is 2. The average Bonchev–Trinajstić information content (AvgIpc) is 2.85. The number of fused-ring (bicyclic) bond motifs is 4. The highest BCUT2D eigenvalue weighted by atomic mass is 35.5. The van der Waals surface area contributed by atoms with Gasteiger partial charge in [-0.1, -0.05) is 22.8 Å². The van der Waals surface area contributed by atoms with Gasteiger partial charge in [-0.05, 0) is 44.0 Å². The van der Waals surface area contributed by atoms with Crippen molar-refractivity contribution >= 4 is 28.4 Å². The molecule has 1 unspecified atom stereocenters. The van der Waals surface area contributed by atoms with Gasteiger partial charge < -0.3 is 14.7 Å². The van der Waals surface area contributed by atoms with E-state index in [0.29, 0.717) is 11.1 Å². The van der Waals surface area contributed by atoms with Crippen molar-refractivity contribution in [2.45, 2.75) is 18.9 Å². The van der Waals surface area contributed by atoms with Crippen LogP contribution in [0.15, 0.2) is 22.7 Å². The number of hydrogen-bond acceptors (Lipinski definition) is 4. The van der Waals surface area contributed by atoms with Gasteiger partial charge in [-0.3, -0.25) is 0 Å². The molecule has 0 radical (unpaired) electrons. The van der Waals surface area contributed by atoms with Gasteiger partial charge in [0.05, 0.1) is 10.4 Å². The predicted molar refractivity (Wildman–Crippen MR) is 75.6 cm³/mol. The van der Waals surface area contributed by atoms with E-state index in [9.17, 15) is 0 Å². The third kappa shape index (κ3) is 1.90. The molecule has 1 atom stereocenters. The summed E-state index contributed by atoms with van der Waals surface area (Å²) in [6.45, 7) is 3.58. The molecule has 0 spiro atoms. The maximum absolute atomic E-state index is 6.25. The highest BCUT2D eigenvalue weighted by Gasteiger charge is 2.34. The van der Waals surface area contributed by atoms with Crippen molar-refractivity contribution in [3.63, 3.8) is 0 Å². The monoisotopic (exact) mass is 277 g/mol. The fraction of sp³-hybridized carbons (Fsp3) is 0.500. The van der Waals surface area contributed by atoms with Gasteiger partial charge in [-0.15, -0.1) is 0 Å². The molecule has 3 aliphatic rings. The summed E-state index contributed by atoms with van der Waals surface area (Å²) in [7, 11) is 0. The first-order valence-electron chi connectivity index (χ1n) is 6.84. The fourth-order valence-electron chi connectivity index (χ4n) is 3.35. The molecule has 3 aliphatic heterocycles. The van der Waals surface area contributed by atoms with E-state index in [1.807, 2.05) is 18.2 Å². The molecule has 0 saturated carbocycles. The maximum Gasteiger partial charge on any atom is 0.179 e. The number of hydrogen-bond donors (Lipinski definition) is 1. The van der Waals surface area contributed by atoms with Gasteiger partial charge in [0.15, 0.2) is 11.4 Å². The lowest BCUT2D eigenvalue weighted by molar-refractivity contribution is 0.0973. The SMILES string of the molecule is Clc1cccc2onc(NC3CN4CCC3CC4)c12. The molecule has 2 aromatic rings. The van der Waals surface area contributed by atoms with E-state index >= 15 is 0 Å². The van der Waals surface area contributed by atoms with Gasteiger partial charge >= 0.3 is 0 Å². The number of benzene rings is 1. The minimum Gasteiger partial charge on any atom is -0.362 e. The molecule has 1 aromatic carbocycles. The van der Waals surface area contributed by atoms with Crippen molar-refractivity contribution in [1.29, 1.82) is 0 Å². The summed E-state index contributed by atoms with van der Waals surface area (Å²) in [5.74, 6) is 1.54. The van der Waals surface area contributed by atoms with Crippen LogP contribution in [0.2, 0.25) is 5.02 Å². The normalized spacial score (nSPS) is 29.8. The summed E-state index contributed by atoms with van der Waals surface area (Å²) < 4.78 is 5.34. The summed E-state index contributed by atoms with van der Waals surface area (Å²) in [6, 6.07) is 6.12. The molecule has 5 rings (SSSR count). The van der Waals surface area contributed by atoms with E-state index in [1.54, 1.807) is 0 Å². The largest absolute Gasteiger partial charge is 0.362 e. The molecule has 5 heteroatoms. The lowest BCUT2D eigenvalue weighted by Gasteiger charge is -2.44. The van der Waals surface area contributed by atoms with E-state index in [2.05, 4.69) is 15.4 Å². The van der Waals surface area contributed by atoms with Crippen LogP contribution < -0.4 is 5.32 Å². The van der Waals surface area contributed by atoms with Crippen LogP contribution in [0.3, 0.4) is 0 Å². The smallest absolute Gasteiger partial charge is 0.179 e. The van der Waals surface area contributed by atoms with E-state index in [1.165, 1.54) is 25.9 Å². The molecular formula is C14H16ClN3O. The van der Waals surface area contributed by atoms with Crippen LogP contribution in [0.4, 0.5) is 5.82 Å². The van der Waals surface area contributed by atoms with Gasteiger partial charge in [0.1, 0.15) is 0 Å². The van der Waals surface area contributed by atoms with Gasteiger partial charge in [-0.25, -0.2) is 0 Å². The summed E-state index contributed by atoms with van der Waals surface area (Å²) in [5, 5.41) is 9.29. The number of piperidine rings is 3. The molecular weight excluding hydrogens is 262 g/mol. The van der Waals surface area contributed by atoms with Gasteiger partial charge in [-0.2, -0.15) is 0 Å². The van der Waals surface area contributed by atoms with Crippen molar-refractivity contribution in [3.8, 4) is 0 Å². The highest BCUT2D eigenvalue weighted by Crippen LogP contribution is 2.34. The van der Waals surface area contributed by atoms with Crippen LogP contribution in [-0.4, -0.2) is 35.7 Å². The van der Waals surface area contributed by atoms with Crippen LogP contribution in [-0.2, 0) is 0 Å². The Kier molecular flexibility index (Phi) is 2.67. The Morgan fingerprint density at radius 3 is 2.89 bits per heavy atom. The molecule has 2 bridgehead atoms.